The Labute approximate surface area is 140 Å². The molecule has 1 N–H and O–H groups in total. The lowest BCUT2D eigenvalue weighted by atomic mass is 9.85. The smallest absolute Gasteiger partial charge is 0.251 e. The number of likely N-dealkylation sites (N-methyl/N-ethyl adjacent to an activating group) is 1. The number of morpholine rings is 1. The van der Waals surface area contributed by atoms with E-state index in [1.165, 1.54) is 19.3 Å². The van der Waals surface area contributed by atoms with Crippen molar-refractivity contribution in [3.8, 4) is 0 Å². The summed E-state index contributed by atoms with van der Waals surface area (Å²) in [6.07, 6.45) is 2.89. The first-order chi connectivity index (χ1) is 11.1. The maximum Gasteiger partial charge on any atom is 0.251 e. The molecule has 23 heavy (non-hydrogen) atoms. The minimum atomic E-state index is -0.695. The molecule has 3 rings (SSSR count). The van der Waals surface area contributed by atoms with E-state index in [2.05, 4.69) is 5.32 Å². The molecule has 0 aromatic heterocycles. The Morgan fingerprint density at radius 3 is 2.65 bits per heavy atom. The maximum atomic E-state index is 12.5. The van der Waals surface area contributed by atoms with Crippen LogP contribution in [0, 0.1) is 5.92 Å². The number of rotatable bonds is 4. The fourth-order valence-electron chi connectivity index (χ4n) is 3.03. The van der Waals surface area contributed by atoms with Gasteiger partial charge in [0.1, 0.15) is 6.61 Å². The fraction of sp³-hybridized carbons (Fsp3) is 0.529. The fourth-order valence-corrected chi connectivity index (χ4v) is 3.16. The van der Waals surface area contributed by atoms with Gasteiger partial charge in [-0.1, -0.05) is 30.2 Å². The lowest BCUT2D eigenvalue weighted by Crippen LogP contribution is -2.53. The summed E-state index contributed by atoms with van der Waals surface area (Å²) in [5.74, 6) is 0.292. The van der Waals surface area contributed by atoms with Crippen LogP contribution in [0.4, 0.5) is 0 Å². The van der Waals surface area contributed by atoms with E-state index in [0.717, 1.165) is 5.56 Å². The number of carbonyl (C=O) groups excluding carboxylic acids is 2. The molecule has 6 heteroatoms. The molecule has 1 aliphatic carbocycles. The minimum absolute atomic E-state index is 0.0674. The van der Waals surface area contributed by atoms with Crippen molar-refractivity contribution in [2.24, 2.45) is 5.92 Å². The molecular formula is C17H21ClN2O3. The maximum absolute atomic E-state index is 12.5. The molecule has 1 saturated heterocycles. The van der Waals surface area contributed by atoms with Crippen molar-refractivity contribution in [3.05, 3.63) is 34.9 Å². The van der Waals surface area contributed by atoms with Crippen molar-refractivity contribution < 1.29 is 14.3 Å². The molecule has 0 spiro atoms. The van der Waals surface area contributed by atoms with Crippen molar-refractivity contribution >= 4 is 23.4 Å². The molecule has 5 nitrogen and oxygen atoms in total. The summed E-state index contributed by atoms with van der Waals surface area (Å²) in [5.41, 5.74) is 0.841. The lowest BCUT2D eigenvalue weighted by Gasteiger charge is -2.38. The van der Waals surface area contributed by atoms with Crippen LogP contribution in [0.1, 0.15) is 30.9 Å². The summed E-state index contributed by atoms with van der Waals surface area (Å²) < 4.78 is 5.57. The molecule has 2 atom stereocenters. The highest BCUT2D eigenvalue weighted by molar-refractivity contribution is 6.30. The van der Waals surface area contributed by atoms with Gasteiger partial charge in [-0.05, 0) is 36.5 Å². The van der Waals surface area contributed by atoms with E-state index in [-0.39, 0.29) is 18.4 Å². The average Bonchev–Trinajstić information content (AvgIpc) is 2.49. The van der Waals surface area contributed by atoms with Crippen LogP contribution in [0.3, 0.4) is 0 Å². The molecule has 0 radical (unpaired) electrons. The van der Waals surface area contributed by atoms with Crippen LogP contribution in [0.15, 0.2) is 24.3 Å². The van der Waals surface area contributed by atoms with Gasteiger partial charge in [0.05, 0.1) is 6.04 Å². The molecule has 2 fully saturated rings. The van der Waals surface area contributed by atoms with Crippen molar-refractivity contribution in [1.82, 2.24) is 10.2 Å². The molecular weight excluding hydrogens is 316 g/mol. The van der Waals surface area contributed by atoms with E-state index in [0.29, 0.717) is 17.5 Å². The molecule has 2 unspecified atom stereocenters. The topological polar surface area (TPSA) is 58.6 Å². The van der Waals surface area contributed by atoms with Crippen LogP contribution in [-0.4, -0.2) is 43.0 Å². The molecule has 0 bridgehead atoms. The summed E-state index contributed by atoms with van der Waals surface area (Å²) in [6, 6.07) is 6.74. The van der Waals surface area contributed by atoms with Crippen molar-refractivity contribution in [2.45, 2.75) is 31.4 Å². The van der Waals surface area contributed by atoms with Gasteiger partial charge in [-0.3, -0.25) is 9.59 Å². The second-order valence-electron chi connectivity index (χ2n) is 6.27. The van der Waals surface area contributed by atoms with Gasteiger partial charge in [-0.2, -0.15) is 0 Å². The lowest BCUT2D eigenvalue weighted by molar-refractivity contribution is -0.162. The quantitative estimate of drug-likeness (QED) is 0.916. The SMILES string of the molecule is CN1C(=O)COC(C(=O)NCC2CCC2)C1c1ccc(Cl)cc1. The van der Waals surface area contributed by atoms with E-state index in [1.54, 1.807) is 24.1 Å². The zero-order chi connectivity index (χ0) is 16.4. The van der Waals surface area contributed by atoms with Gasteiger partial charge in [-0.15, -0.1) is 0 Å². The highest BCUT2D eigenvalue weighted by atomic mass is 35.5. The van der Waals surface area contributed by atoms with E-state index in [1.807, 2.05) is 12.1 Å². The van der Waals surface area contributed by atoms with Gasteiger partial charge in [0, 0.05) is 18.6 Å². The molecule has 2 amide bonds. The molecule has 1 aromatic rings. The van der Waals surface area contributed by atoms with Crippen LogP contribution in [-0.2, 0) is 14.3 Å². The van der Waals surface area contributed by atoms with Gasteiger partial charge in [-0.25, -0.2) is 0 Å². The number of carbonyl (C=O) groups is 2. The summed E-state index contributed by atoms with van der Waals surface area (Å²) in [7, 11) is 1.70. The number of hydrogen-bond donors (Lipinski definition) is 1. The number of amides is 2. The Morgan fingerprint density at radius 1 is 1.35 bits per heavy atom. The van der Waals surface area contributed by atoms with Gasteiger partial charge >= 0.3 is 0 Å². The van der Waals surface area contributed by atoms with Crippen LogP contribution < -0.4 is 5.32 Å². The van der Waals surface area contributed by atoms with E-state index < -0.39 is 12.1 Å². The average molecular weight is 337 g/mol. The number of nitrogens with zero attached hydrogens (tertiary/aromatic N) is 1. The highest BCUT2D eigenvalue weighted by Gasteiger charge is 2.40. The monoisotopic (exact) mass is 336 g/mol. The second-order valence-corrected chi connectivity index (χ2v) is 6.71. The molecule has 1 aliphatic heterocycles. The van der Waals surface area contributed by atoms with E-state index in [9.17, 15) is 9.59 Å². The number of nitrogens with one attached hydrogen (secondary N) is 1. The summed E-state index contributed by atoms with van der Waals surface area (Å²) in [4.78, 5) is 26.1. The third-order valence-corrected chi connectivity index (χ3v) is 5.00. The molecule has 1 saturated carbocycles. The van der Waals surface area contributed by atoms with E-state index in [4.69, 9.17) is 16.3 Å². The van der Waals surface area contributed by atoms with Crippen LogP contribution in [0.5, 0.6) is 0 Å². The Hall–Kier alpha value is -1.59. The predicted octanol–water partition coefficient (Wildman–Crippen LogP) is 2.15. The third kappa shape index (κ3) is 3.51. The second kappa shape index (κ2) is 6.89. The third-order valence-electron chi connectivity index (χ3n) is 4.74. The van der Waals surface area contributed by atoms with Crippen LogP contribution in [0.2, 0.25) is 5.02 Å². The Morgan fingerprint density at radius 2 is 2.04 bits per heavy atom. The number of ether oxygens (including phenoxy) is 1. The normalized spacial score (nSPS) is 25.1. The summed E-state index contributed by atoms with van der Waals surface area (Å²) in [5, 5.41) is 3.59. The molecule has 2 aliphatic rings. The van der Waals surface area contributed by atoms with Gasteiger partial charge in [0.25, 0.3) is 5.91 Å². The predicted molar refractivity (Wildman–Crippen MR) is 87.1 cm³/mol. The van der Waals surface area contributed by atoms with Gasteiger partial charge in [0.15, 0.2) is 6.10 Å². The Kier molecular flexibility index (Phi) is 4.87. The molecule has 1 heterocycles. The van der Waals surface area contributed by atoms with Crippen LogP contribution >= 0.6 is 11.6 Å². The highest BCUT2D eigenvalue weighted by Crippen LogP contribution is 2.30. The summed E-state index contributed by atoms with van der Waals surface area (Å²) in [6.45, 7) is 0.617. The Balaban J connectivity index is 1.76. The zero-order valence-corrected chi connectivity index (χ0v) is 13.9. The number of benzene rings is 1. The zero-order valence-electron chi connectivity index (χ0n) is 13.1. The number of halogens is 1. The van der Waals surface area contributed by atoms with E-state index >= 15 is 0 Å². The van der Waals surface area contributed by atoms with Crippen LogP contribution in [0.25, 0.3) is 0 Å². The van der Waals surface area contributed by atoms with Crippen molar-refractivity contribution in [1.29, 1.82) is 0 Å². The first kappa shape index (κ1) is 16.3. The standard InChI is InChI=1S/C17H21ClN2O3/c1-20-14(21)10-23-16(17(22)19-9-11-3-2-4-11)15(20)12-5-7-13(18)8-6-12/h5-8,11,15-16H,2-4,9-10H2,1H3,(H,19,22). The molecule has 1 aromatic carbocycles. The van der Waals surface area contributed by atoms with Crippen molar-refractivity contribution in [2.75, 3.05) is 20.2 Å². The molecule has 124 valence electrons. The van der Waals surface area contributed by atoms with Gasteiger partial charge in [0.2, 0.25) is 5.91 Å². The largest absolute Gasteiger partial charge is 0.356 e. The first-order valence-electron chi connectivity index (χ1n) is 7.96. The van der Waals surface area contributed by atoms with Gasteiger partial charge < -0.3 is 15.0 Å². The minimum Gasteiger partial charge on any atom is -0.356 e. The van der Waals surface area contributed by atoms with Crippen molar-refractivity contribution in [3.63, 3.8) is 0 Å². The first-order valence-corrected chi connectivity index (χ1v) is 8.34. The number of hydrogen-bond acceptors (Lipinski definition) is 3. The Bertz CT molecular complexity index is 586. The summed E-state index contributed by atoms with van der Waals surface area (Å²) >= 11 is 5.93.